The molecule has 90 valence electrons. The van der Waals surface area contributed by atoms with Crippen molar-refractivity contribution in [2.75, 3.05) is 7.11 Å². The fraction of sp³-hybridized carbons (Fsp3) is 0.200. The highest BCUT2D eigenvalue weighted by molar-refractivity contribution is 6.03. The number of rotatable bonds is 3. The predicted octanol–water partition coefficient (Wildman–Crippen LogP) is 1.39. The van der Waals surface area contributed by atoms with Gasteiger partial charge in [0.05, 0.1) is 23.2 Å². The molecule has 0 aliphatic heterocycles. The van der Waals surface area contributed by atoms with E-state index < -0.39 is 22.4 Å². The largest absolute Gasteiger partial charge is 0.478 e. The number of nitro benzene ring substituents is 1. The number of carbonyl (C=O) groups is 2. The number of nitro groups is 1. The number of carboxylic acid groups (broad SMARTS) is 1. The van der Waals surface area contributed by atoms with Crippen LogP contribution in [0.4, 0.5) is 5.69 Å². The Labute approximate surface area is 95.8 Å². The normalized spacial score (nSPS) is 9.76. The topological polar surface area (TPSA) is 107 Å². The number of hydrogen-bond donors (Lipinski definition) is 1. The maximum absolute atomic E-state index is 11.3. The van der Waals surface area contributed by atoms with Crippen molar-refractivity contribution >= 4 is 17.6 Å². The van der Waals surface area contributed by atoms with Gasteiger partial charge < -0.3 is 9.84 Å². The summed E-state index contributed by atoms with van der Waals surface area (Å²) in [4.78, 5) is 32.2. The summed E-state index contributed by atoms with van der Waals surface area (Å²) in [5.41, 5.74) is -0.812. The van der Waals surface area contributed by atoms with Crippen molar-refractivity contribution < 1.29 is 24.4 Å². The molecular formula is C10H9NO6. The van der Waals surface area contributed by atoms with E-state index in [0.717, 1.165) is 19.2 Å². The second-order valence-corrected chi connectivity index (χ2v) is 3.24. The first-order valence-electron chi connectivity index (χ1n) is 4.49. The predicted molar refractivity (Wildman–Crippen MR) is 56.1 cm³/mol. The Kier molecular flexibility index (Phi) is 3.42. The number of nitrogens with zero attached hydrogens (tertiary/aromatic N) is 1. The van der Waals surface area contributed by atoms with Crippen LogP contribution in [-0.2, 0) is 4.74 Å². The highest BCUT2D eigenvalue weighted by atomic mass is 16.6. The molecule has 0 radical (unpaired) electrons. The Morgan fingerprint density at radius 3 is 2.35 bits per heavy atom. The molecule has 0 amide bonds. The van der Waals surface area contributed by atoms with Gasteiger partial charge in [0, 0.05) is 11.6 Å². The zero-order chi connectivity index (χ0) is 13.2. The smallest absolute Gasteiger partial charge is 0.338 e. The summed E-state index contributed by atoms with van der Waals surface area (Å²) in [6.07, 6.45) is 0. The molecule has 0 heterocycles. The lowest BCUT2D eigenvalue weighted by molar-refractivity contribution is -0.385. The number of esters is 1. The molecule has 0 aromatic heterocycles. The third kappa shape index (κ3) is 2.39. The molecule has 0 spiro atoms. The number of ether oxygens (including phenoxy) is 1. The second kappa shape index (κ2) is 4.60. The SMILES string of the molecule is COC(=O)c1cc(C)c([N+](=O)[O-])cc1C(=O)O. The Morgan fingerprint density at radius 2 is 1.94 bits per heavy atom. The number of aromatic carboxylic acids is 1. The van der Waals surface area contributed by atoms with Gasteiger partial charge in [0.2, 0.25) is 0 Å². The van der Waals surface area contributed by atoms with E-state index in [1.54, 1.807) is 0 Å². The standard InChI is InChI=1S/C10H9NO6/c1-5-3-7(10(14)17-2)6(9(12)13)4-8(5)11(15)16/h3-4H,1-2H3,(H,12,13). The molecule has 0 atom stereocenters. The summed E-state index contributed by atoms with van der Waals surface area (Å²) in [6.45, 7) is 1.41. The van der Waals surface area contributed by atoms with Gasteiger partial charge in [-0.1, -0.05) is 0 Å². The van der Waals surface area contributed by atoms with E-state index in [4.69, 9.17) is 5.11 Å². The van der Waals surface area contributed by atoms with Crippen molar-refractivity contribution in [3.63, 3.8) is 0 Å². The monoisotopic (exact) mass is 239 g/mol. The molecule has 7 nitrogen and oxygen atoms in total. The van der Waals surface area contributed by atoms with Crippen LogP contribution in [0.5, 0.6) is 0 Å². The fourth-order valence-corrected chi connectivity index (χ4v) is 1.35. The Hall–Kier alpha value is -2.44. The van der Waals surface area contributed by atoms with Gasteiger partial charge in [-0.3, -0.25) is 10.1 Å². The molecule has 0 aliphatic rings. The van der Waals surface area contributed by atoms with E-state index in [-0.39, 0.29) is 16.8 Å². The van der Waals surface area contributed by atoms with Crippen molar-refractivity contribution in [3.8, 4) is 0 Å². The Bertz CT molecular complexity index is 508. The van der Waals surface area contributed by atoms with E-state index >= 15 is 0 Å². The molecule has 1 N–H and O–H groups in total. The zero-order valence-corrected chi connectivity index (χ0v) is 9.09. The fourth-order valence-electron chi connectivity index (χ4n) is 1.35. The molecule has 1 rings (SSSR count). The van der Waals surface area contributed by atoms with E-state index in [0.29, 0.717) is 0 Å². The second-order valence-electron chi connectivity index (χ2n) is 3.24. The molecule has 1 aromatic carbocycles. The van der Waals surface area contributed by atoms with Gasteiger partial charge in [0.25, 0.3) is 5.69 Å². The lowest BCUT2D eigenvalue weighted by Crippen LogP contribution is -2.11. The molecule has 7 heteroatoms. The van der Waals surface area contributed by atoms with E-state index in [1.165, 1.54) is 6.92 Å². The van der Waals surface area contributed by atoms with Gasteiger partial charge in [-0.2, -0.15) is 0 Å². The quantitative estimate of drug-likeness (QED) is 0.485. The molecule has 0 saturated carbocycles. The Balaban J connectivity index is 3.52. The first kappa shape index (κ1) is 12.6. The third-order valence-electron chi connectivity index (χ3n) is 2.17. The average Bonchev–Trinajstić information content (AvgIpc) is 2.26. The van der Waals surface area contributed by atoms with Crippen LogP contribution < -0.4 is 0 Å². The van der Waals surface area contributed by atoms with Crippen molar-refractivity contribution in [1.29, 1.82) is 0 Å². The minimum Gasteiger partial charge on any atom is -0.478 e. The first-order chi connectivity index (χ1) is 7.88. The van der Waals surface area contributed by atoms with Gasteiger partial charge >= 0.3 is 11.9 Å². The van der Waals surface area contributed by atoms with Gasteiger partial charge in [0.1, 0.15) is 0 Å². The van der Waals surface area contributed by atoms with Crippen LogP contribution in [0.2, 0.25) is 0 Å². The number of methoxy groups -OCH3 is 1. The van der Waals surface area contributed by atoms with Crippen LogP contribution in [0.25, 0.3) is 0 Å². The summed E-state index contributed by atoms with van der Waals surface area (Å²) in [6, 6.07) is 1.98. The number of aryl methyl sites for hydroxylation is 1. The van der Waals surface area contributed by atoms with E-state index in [2.05, 4.69) is 4.74 Å². The number of carboxylic acids is 1. The minimum absolute atomic E-state index is 0.195. The number of benzene rings is 1. The molecule has 1 aromatic rings. The van der Waals surface area contributed by atoms with Crippen molar-refractivity contribution in [2.24, 2.45) is 0 Å². The maximum Gasteiger partial charge on any atom is 0.338 e. The maximum atomic E-state index is 11.3. The lowest BCUT2D eigenvalue weighted by atomic mass is 10.0. The number of hydrogen-bond acceptors (Lipinski definition) is 5. The van der Waals surface area contributed by atoms with Crippen LogP contribution in [0.3, 0.4) is 0 Å². The summed E-state index contributed by atoms with van der Waals surface area (Å²) >= 11 is 0. The lowest BCUT2D eigenvalue weighted by Gasteiger charge is -2.06. The highest BCUT2D eigenvalue weighted by Crippen LogP contribution is 2.23. The highest BCUT2D eigenvalue weighted by Gasteiger charge is 2.23. The molecule has 0 unspecified atom stereocenters. The van der Waals surface area contributed by atoms with Crippen LogP contribution in [0.1, 0.15) is 26.3 Å². The van der Waals surface area contributed by atoms with E-state index in [9.17, 15) is 19.7 Å². The summed E-state index contributed by atoms with van der Waals surface area (Å²) in [5.74, 6) is -2.27. The zero-order valence-electron chi connectivity index (χ0n) is 9.09. The van der Waals surface area contributed by atoms with Crippen LogP contribution >= 0.6 is 0 Å². The summed E-state index contributed by atoms with van der Waals surface area (Å²) in [5, 5.41) is 19.5. The average molecular weight is 239 g/mol. The molecule has 0 bridgehead atoms. The minimum atomic E-state index is -1.42. The van der Waals surface area contributed by atoms with E-state index in [1.807, 2.05) is 0 Å². The van der Waals surface area contributed by atoms with Gasteiger partial charge in [-0.25, -0.2) is 9.59 Å². The summed E-state index contributed by atoms with van der Waals surface area (Å²) < 4.78 is 4.41. The number of carbonyl (C=O) groups excluding carboxylic acids is 1. The summed E-state index contributed by atoms with van der Waals surface area (Å²) in [7, 11) is 1.10. The molecule has 0 saturated heterocycles. The van der Waals surface area contributed by atoms with Gasteiger partial charge in [0.15, 0.2) is 0 Å². The third-order valence-corrected chi connectivity index (χ3v) is 2.17. The molecule has 0 fully saturated rings. The van der Waals surface area contributed by atoms with Crippen molar-refractivity contribution in [2.45, 2.75) is 6.92 Å². The van der Waals surface area contributed by atoms with Crippen LogP contribution in [-0.4, -0.2) is 29.1 Å². The van der Waals surface area contributed by atoms with Crippen LogP contribution in [0.15, 0.2) is 12.1 Å². The van der Waals surface area contributed by atoms with Gasteiger partial charge in [-0.15, -0.1) is 0 Å². The molecule has 17 heavy (non-hydrogen) atoms. The van der Waals surface area contributed by atoms with Crippen molar-refractivity contribution in [3.05, 3.63) is 38.9 Å². The van der Waals surface area contributed by atoms with Gasteiger partial charge in [-0.05, 0) is 13.0 Å². The Morgan fingerprint density at radius 1 is 1.35 bits per heavy atom. The first-order valence-corrected chi connectivity index (χ1v) is 4.49. The molecular weight excluding hydrogens is 230 g/mol. The molecule has 0 aliphatic carbocycles. The van der Waals surface area contributed by atoms with Crippen molar-refractivity contribution in [1.82, 2.24) is 0 Å². The van der Waals surface area contributed by atoms with Crippen LogP contribution in [0, 0.1) is 17.0 Å².